The molecule has 9 nitrogen and oxygen atoms in total. The van der Waals surface area contributed by atoms with Crippen LogP contribution >= 0.6 is 11.6 Å². The van der Waals surface area contributed by atoms with Crippen molar-refractivity contribution >= 4 is 40.8 Å². The summed E-state index contributed by atoms with van der Waals surface area (Å²) in [5.41, 5.74) is 2.75. The van der Waals surface area contributed by atoms with Crippen molar-refractivity contribution < 1.29 is 19.1 Å². The number of nitrogens with zero attached hydrogens (tertiary/aromatic N) is 3. The highest BCUT2D eigenvalue weighted by molar-refractivity contribution is 6.31. The minimum atomic E-state index is -0.450. The summed E-state index contributed by atoms with van der Waals surface area (Å²) in [5.74, 6) is -1.24. The molecule has 3 aromatic rings. The predicted octanol–water partition coefficient (Wildman–Crippen LogP) is 3.62. The van der Waals surface area contributed by atoms with Crippen molar-refractivity contribution in [1.29, 1.82) is 0 Å². The molecule has 3 rings (SSSR count). The van der Waals surface area contributed by atoms with E-state index in [4.69, 9.17) is 16.3 Å². The van der Waals surface area contributed by atoms with Crippen molar-refractivity contribution in [2.24, 2.45) is 0 Å². The summed E-state index contributed by atoms with van der Waals surface area (Å²) in [4.78, 5) is 36.7. The first kappa shape index (κ1) is 23.0. The monoisotopic (exact) mass is 455 g/mol. The quantitative estimate of drug-likeness (QED) is 0.526. The first-order valence-electron chi connectivity index (χ1n) is 9.83. The van der Waals surface area contributed by atoms with Gasteiger partial charge in [-0.2, -0.15) is 0 Å². The van der Waals surface area contributed by atoms with Crippen molar-refractivity contribution in [2.75, 3.05) is 17.2 Å². The van der Waals surface area contributed by atoms with Gasteiger partial charge in [0, 0.05) is 16.4 Å². The molecule has 1 aromatic heterocycles. The predicted molar refractivity (Wildman–Crippen MR) is 120 cm³/mol. The molecule has 1 heterocycles. The lowest BCUT2D eigenvalue weighted by Gasteiger charge is -2.09. The van der Waals surface area contributed by atoms with Gasteiger partial charge in [-0.3, -0.25) is 9.59 Å². The number of halogens is 1. The van der Waals surface area contributed by atoms with Gasteiger partial charge in [0.25, 0.3) is 5.91 Å². The Bertz CT molecular complexity index is 1160. The molecule has 2 amide bonds. The second kappa shape index (κ2) is 10.1. The number of carbonyl (C=O) groups excluding carboxylic acids is 3. The Balaban J connectivity index is 1.63. The molecule has 2 N–H and O–H groups in total. The summed E-state index contributed by atoms with van der Waals surface area (Å²) in [6, 6.07) is 11.5. The average molecular weight is 456 g/mol. The number of anilines is 2. The summed E-state index contributed by atoms with van der Waals surface area (Å²) in [6.07, 6.45) is 0. The number of hydrogen-bond acceptors (Lipinski definition) is 6. The van der Waals surface area contributed by atoms with E-state index in [9.17, 15) is 14.4 Å². The molecule has 0 aliphatic carbocycles. The summed E-state index contributed by atoms with van der Waals surface area (Å²) >= 11 is 6.09. The third kappa shape index (κ3) is 5.30. The number of ether oxygens (including phenoxy) is 1. The zero-order valence-electron chi connectivity index (χ0n) is 17.8. The summed E-state index contributed by atoms with van der Waals surface area (Å²) in [6.45, 7) is 5.33. The van der Waals surface area contributed by atoms with Gasteiger partial charge in [0.15, 0.2) is 5.69 Å². The standard InChI is InChI=1S/C22H22ClN5O4/c1-4-32-22(31)15-8-10-16(11-9-15)24-19(29)12-28-14(3)20(26-27-28)21(30)25-18-7-5-6-17(23)13(18)2/h5-11H,4,12H2,1-3H3,(H,24,29)(H,25,30). The first-order valence-corrected chi connectivity index (χ1v) is 10.2. The third-order valence-electron chi connectivity index (χ3n) is 4.69. The van der Waals surface area contributed by atoms with Crippen LogP contribution in [-0.4, -0.2) is 39.4 Å². The lowest BCUT2D eigenvalue weighted by Crippen LogP contribution is -2.21. The topological polar surface area (TPSA) is 115 Å². The molecule has 166 valence electrons. The van der Waals surface area contributed by atoms with Crippen LogP contribution in [0.2, 0.25) is 5.02 Å². The van der Waals surface area contributed by atoms with E-state index in [1.165, 1.54) is 4.68 Å². The molecule has 2 aromatic carbocycles. The summed E-state index contributed by atoms with van der Waals surface area (Å²) in [7, 11) is 0. The zero-order valence-corrected chi connectivity index (χ0v) is 18.6. The number of nitrogens with one attached hydrogen (secondary N) is 2. The van der Waals surface area contributed by atoms with Gasteiger partial charge >= 0.3 is 5.97 Å². The highest BCUT2D eigenvalue weighted by atomic mass is 35.5. The number of benzene rings is 2. The molecule has 0 aliphatic rings. The van der Waals surface area contributed by atoms with Gasteiger partial charge in [0.1, 0.15) is 6.54 Å². The van der Waals surface area contributed by atoms with E-state index in [1.807, 2.05) is 0 Å². The maximum atomic E-state index is 12.6. The Morgan fingerprint density at radius 2 is 1.78 bits per heavy atom. The van der Waals surface area contributed by atoms with E-state index in [2.05, 4.69) is 20.9 Å². The van der Waals surface area contributed by atoms with Crippen molar-refractivity contribution in [3.63, 3.8) is 0 Å². The van der Waals surface area contributed by atoms with Crippen LogP contribution < -0.4 is 10.6 Å². The Morgan fingerprint density at radius 3 is 2.47 bits per heavy atom. The van der Waals surface area contributed by atoms with Gasteiger partial charge in [-0.1, -0.05) is 22.9 Å². The molecule has 0 radical (unpaired) electrons. The van der Waals surface area contributed by atoms with Crippen LogP contribution in [-0.2, 0) is 16.1 Å². The van der Waals surface area contributed by atoms with Crippen molar-refractivity contribution in [3.8, 4) is 0 Å². The number of esters is 1. The highest BCUT2D eigenvalue weighted by Crippen LogP contribution is 2.23. The third-order valence-corrected chi connectivity index (χ3v) is 5.10. The maximum absolute atomic E-state index is 12.6. The fourth-order valence-electron chi connectivity index (χ4n) is 2.89. The molecule has 0 spiro atoms. The van der Waals surface area contributed by atoms with E-state index in [1.54, 1.807) is 63.2 Å². The Labute approximate surface area is 189 Å². The second-order valence-electron chi connectivity index (χ2n) is 6.89. The number of amides is 2. The minimum absolute atomic E-state index is 0.107. The Hall–Kier alpha value is -3.72. The van der Waals surface area contributed by atoms with Crippen LogP contribution in [0.25, 0.3) is 0 Å². The summed E-state index contributed by atoms with van der Waals surface area (Å²) in [5, 5.41) is 13.8. The molecular formula is C22H22ClN5O4. The number of carbonyl (C=O) groups is 3. The number of aromatic nitrogens is 3. The molecule has 10 heteroatoms. The number of rotatable bonds is 7. The van der Waals surface area contributed by atoms with Gasteiger partial charge in [-0.15, -0.1) is 5.10 Å². The van der Waals surface area contributed by atoms with Gasteiger partial charge in [0.05, 0.1) is 17.9 Å². The van der Waals surface area contributed by atoms with E-state index in [0.29, 0.717) is 27.7 Å². The van der Waals surface area contributed by atoms with Crippen LogP contribution in [0.4, 0.5) is 11.4 Å². The van der Waals surface area contributed by atoms with Crippen molar-refractivity contribution in [1.82, 2.24) is 15.0 Å². The van der Waals surface area contributed by atoms with Crippen LogP contribution in [0.1, 0.15) is 39.0 Å². The van der Waals surface area contributed by atoms with E-state index in [0.717, 1.165) is 5.56 Å². The average Bonchev–Trinajstić information content (AvgIpc) is 3.12. The molecule has 0 saturated carbocycles. The smallest absolute Gasteiger partial charge is 0.338 e. The van der Waals surface area contributed by atoms with E-state index < -0.39 is 11.9 Å². The minimum Gasteiger partial charge on any atom is -0.462 e. The molecule has 0 aliphatic heterocycles. The van der Waals surface area contributed by atoms with Crippen LogP contribution in [0.15, 0.2) is 42.5 Å². The van der Waals surface area contributed by atoms with Crippen LogP contribution in [0.5, 0.6) is 0 Å². The largest absolute Gasteiger partial charge is 0.462 e. The molecule has 0 bridgehead atoms. The maximum Gasteiger partial charge on any atom is 0.338 e. The first-order chi connectivity index (χ1) is 15.3. The fraction of sp³-hybridized carbons (Fsp3) is 0.227. The molecular weight excluding hydrogens is 434 g/mol. The summed E-state index contributed by atoms with van der Waals surface area (Å²) < 4.78 is 6.26. The molecule has 0 saturated heterocycles. The van der Waals surface area contributed by atoms with Gasteiger partial charge in [-0.05, 0) is 62.7 Å². The van der Waals surface area contributed by atoms with Gasteiger partial charge < -0.3 is 15.4 Å². The number of hydrogen-bond donors (Lipinski definition) is 2. The molecule has 0 fully saturated rings. The lowest BCUT2D eigenvalue weighted by molar-refractivity contribution is -0.117. The van der Waals surface area contributed by atoms with Crippen LogP contribution in [0.3, 0.4) is 0 Å². The fourth-order valence-corrected chi connectivity index (χ4v) is 3.06. The van der Waals surface area contributed by atoms with Gasteiger partial charge in [-0.25, -0.2) is 9.48 Å². The normalized spacial score (nSPS) is 10.5. The second-order valence-corrected chi connectivity index (χ2v) is 7.30. The van der Waals surface area contributed by atoms with Crippen molar-refractivity contribution in [2.45, 2.75) is 27.3 Å². The van der Waals surface area contributed by atoms with Crippen LogP contribution in [0, 0.1) is 13.8 Å². The lowest BCUT2D eigenvalue weighted by atomic mass is 10.2. The molecule has 0 atom stereocenters. The van der Waals surface area contributed by atoms with E-state index >= 15 is 0 Å². The zero-order chi connectivity index (χ0) is 23.3. The van der Waals surface area contributed by atoms with E-state index in [-0.39, 0.29) is 24.8 Å². The Kier molecular flexibility index (Phi) is 7.21. The SMILES string of the molecule is CCOC(=O)c1ccc(NC(=O)Cn2nnc(C(=O)Nc3cccc(Cl)c3C)c2C)cc1. The Morgan fingerprint density at radius 1 is 1.06 bits per heavy atom. The van der Waals surface area contributed by atoms with Gasteiger partial charge in [0.2, 0.25) is 5.91 Å². The highest BCUT2D eigenvalue weighted by Gasteiger charge is 2.19. The van der Waals surface area contributed by atoms with Crippen molar-refractivity contribution in [3.05, 3.63) is 70.0 Å². The molecule has 0 unspecified atom stereocenters. The molecule has 32 heavy (non-hydrogen) atoms.